The van der Waals surface area contributed by atoms with Gasteiger partial charge in [-0.05, 0) is 62.6 Å². The number of carbonyl (C=O) groups excluding carboxylic acids is 2. The van der Waals surface area contributed by atoms with E-state index in [9.17, 15) is 9.59 Å². The van der Waals surface area contributed by atoms with Crippen LogP contribution in [0, 0.1) is 5.92 Å². The molecule has 33 heavy (non-hydrogen) atoms. The van der Waals surface area contributed by atoms with E-state index in [1.165, 1.54) is 6.07 Å². The number of hydrogen-bond donors (Lipinski definition) is 3. The van der Waals surface area contributed by atoms with Crippen molar-refractivity contribution in [3.05, 3.63) is 63.4 Å². The first-order valence-corrected chi connectivity index (χ1v) is 11.7. The molecule has 2 aromatic carbocycles. The van der Waals surface area contributed by atoms with Crippen LogP contribution in [0.3, 0.4) is 0 Å². The van der Waals surface area contributed by atoms with Crippen molar-refractivity contribution in [3.63, 3.8) is 0 Å². The summed E-state index contributed by atoms with van der Waals surface area (Å²) in [5, 5.41) is 3.75. The van der Waals surface area contributed by atoms with Crippen molar-refractivity contribution in [2.45, 2.75) is 38.8 Å². The van der Waals surface area contributed by atoms with E-state index in [0.717, 1.165) is 17.5 Å². The van der Waals surface area contributed by atoms with E-state index in [1.54, 1.807) is 29.2 Å². The normalized spacial score (nSPS) is 21.4. The van der Waals surface area contributed by atoms with Crippen LogP contribution in [0.15, 0.2) is 36.4 Å². The maximum atomic E-state index is 13.2. The Morgan fingerprint density at radius 3 is 2.76 bits per heavy atom. The van der Waals surface area contributed by atoms with Crippen LogP contribution in [0.4, 0.5) is 0 Å². The summed E-state index contributed by atoms with van der Waals surface area (Å²) in [5.41, 5.74) is 7.87. The Balaban J connectivity index is 1.50. The molecule has 4 rings (SSSR count). The standard InChI is InChI=1S/C24H27Cl2N5O2/c1-13-8-9-31(24(13,3)12-27)23(33)17-6-4-15(10-18(17)26)22(32)28-14(2)21-29-19-7-5-16(25)11-20(19)30-21/h4-7,10-11,13-14H,8-9,12,27H2,1-3H3,(H,28,32)(H,29,30)/t13?,14-,24-/m0/s1. The fraction of sp³-hybridized carbons (Fsp3) is 0.375. The van der Waals surface area contributed by atoms with Gasteiger partial charge in [-0.3, -0.25) is 9.59 Å². The van der Waals surface area contributed by atoms with Crippen molar-refractivity contribution >= 4 is 46.0 Å². The smallest absolute Gasteiger partial charge is 0.255 e. The third kappa shape index (κ3) is 4.33. The molecule has 3 atom stereocenters. The van der Waals surface area contributed by atoms with E-state index < -0.39 is 5.54 Å². The van der Waals surface area contributed by atoms with E-state index in [2.05, 4.69) is 22.2 Å². The summed E-state index contributed by atoms with van der Waals surface area (Å²) in [6.07, 6.45) is 0.892. The summed E-state index contributed by atoms with van der Waals surface area (Å²) in [7, 11) is 0. The average molecular weight is 488 g/mol. The minimum absolute atomic E-state index is 0.168. The first kappa shape index (κ1) is 23.5. The molecule has 1 fully saturated rings. The number of H-pyrrole nitrogens is 1. The third-order valence-electron chi connectivity index (χ3n) is 6.80. The fourth-order valence-electron chi connectivity index (χ4n) is 4.33. The molecule has 1 saturated heterocycles. The fourth-order valence-corrected chi connectivity index (χ4v) is 4.76. The molecule has 1 unspecified atom stereocenters. The zero-order valence-electron chi connectivity index (χ0n) is 18.8. The number of nitrogens with one attached hydrogen (secondary N) is 2. The van der Waals surface area contributed by atoms with Crippen LogP contribution >= 0.6 is 23.2 Å². The Kier molecular flexibility index (Phi) is 6.40. The summed E-state index contributed by atoms with van der Waals surface area (Å²) in [5.74, 6) is 0.427. The molecule has 2 amide bonds. The monoisotopic (exact) mass is 487 g/mol. The quantitative estimate of drug-likeness (QED) is 0.490. The number of nitrogens with two attached hydrogens (primary N) is 1. The summed E-state index contributed by atoms with van der Waals surface area (Å²) < 4.78 is 0. The van der Waals surface area contributed by atoms with Crippen LogP contribution in [0.1, 0.15) is 59.8 Å². The van der Waals surface area contributed by atoms with Gasteiger partial charge in [-0.15, -0.1) is 0 Å². The van der Waals surface area contributed by atoms with Gasteiger partial charge in [0, 0.05) is 23.7 Å². The number of halogens is 2. The highest BCUT2D eigenvalue weighted by molar-refractivity contribution is 6.34. The topological polar surface area (TPSA) is 104 Å². The number of rotatable bonds is 5. The van der Waals surface area contributed by atoms with Crippen molar-refractivity contribution in [2.24, 2.45) is 11.7 Å². The van der Waals surface area contributed by atoms with Gasteiger partial charge in [0.1, 0.15) is 5.82 Å². The van der Waals surface area contributed by atoms with E-state index in [-0.39, 0.29) is 22.9 Å². The average Bonchev–Trinajstić information content (AvgIpc) is 3.34. The minimum Gasteiger partial charge on any atom is -0.342 e. The molecule has 0 aliphatic carbocycles. The molecular weight excluding hydrogens is 461 g/mol. The Morgan fingerprint density at radius 1 is 1.30 bits per heavy atom. The number of amides is 2. The van der Waals surface area contributed by atoms with Gasteiger partial charge in [-0.1, -0.05) is 30.1 Å². The van der Waals surface area contributed by atoms with Crippen LogP contribution in [0.25, 0.3) is 11.0 Å². The zero-order valence-corrected chi connectivity index (χ0v) is 20.3. The van der Waals surface area contributed by atoms with Gasteiger partial charge in [-0.25, -0.2) is 4.98 Å². The highest BCUT2D eigenvalue weighted by atomic mass is 35.5. The molecule has 0 saturated carbocycles. The molecule has 1 aromatic heterocycles. The molecule has 0 bridgehead atoms. The number of hydrogen-bond acceptors (Lipinski definition) is 4. The highest BCUT2D eigenvalue weighted by Gasteiger charge is 2.44. The van der Waals surface area contributed by atoms with Gasteiger partial charge in [0.2, 0.25) is 0 Å². The molecule has 0 spiro atoms. The molecule has 0 radical (unpaired) electrons. The van der Waals surface area contributed by atoms with E-state index >= 15 is 0 Å². The van der Waals surface area contributed by atoms with Crippen molar-refractivity contribution in [1.29, 1.82) is 0 Å². The first-order chi connectivity index (χ1) is 15.6. The number of benzene rings is 2. The van der Waals surface area contributed by atoms with Gasteiger partial charge in [-0.2, -0.15) is 0 Å². The lowest BCUT2D eigenvalue weighted by molar-refractivity contribution is 0.0591. The summed E-state index contributed by atoms with van der Waals surface area (Å²) in [4.78, 5) is 35.5. The van der Waals surface area contributed by atoms with Crippen LogP contribution in [0.5, 0.6) is 0 Å². The molecule has 174 valence electrons. The number of aromatic amines is 1. The van der Waals surface area contributed by atoms with Crippen LogP contribution in [0.2, 0.25) is 10.0 Å². The molecule has 3 aromatic rings. The molecule has 2 heterocycles. The lowest BCUT2D eigenvalue weighted by Crippen LogP contribution is -2.53. The Morgan fingerprint density at radius 2 is 2.06 bits per heavy atom. The summed E-state index contributed by atoms with van der Waals surface area (Å²) >= 11 is 12.5. The third-order valence-corrected chi connectivity index (χ3v) is 7.35. The van der Waals surface area contributed by atoms with E-state index in [0.29, 0.717) is 41.0 Å². The number of carbonyl (C=O) groups is 2. The molecule has 9 heteroatoms. The summed E-state index contributed by atoms with van der Waals surface area (Å²) in [6, 6.07) is 9.73. The number of likely N-dealkylation sites (tertiary alicyclic amines) is 1. The lowest BCUT2D eigenvalue weighted by atomic mass is 9.88. The Bertz CT molecular complexity index is 1230. The van der Waals surface area contributed by atoms with Crippen molar-refractivity contribution in [2.75, 3.05) is 13.1 Å². The van der Waals surface area contributed by atoms with Gasteiger partial charge >= 0.3 is 0 Å². The second kappa shape index (κ2) is 8.97. The van der Waals surface area contributed by atoms with Gasteiger partial charge in [0.05, 0.1) is 33.2 Å². The van der Waals surface area contributed by atoms with Crippen LogP contribution in [-0.4, -0.2) is 45.3 Å². The lowest BCUT2D eigenvalue weighted by Gasteiger charge is -2.37. The summed E-state index contributed by atoms with van der Waals surface area (Å²) in [6.45, 7) is 6.95. The Labute approximate surface area is 202 Å². The molecule has 1 aliphatic rings. The second-order valence-corrected chi connectivity index (χ2v) is 9.72. The van der Waals surface area contributed by atoms with Crippen molar-refractivity contribution < 1.29 is 9.59 Å². The van der Waals surface area contributed by atoms with Gasteiger partial charge in [0.25, 0.3) is 11.8 Å². The number of imidazole rings is 1. The maximum Gasteiger partial charge on any atom is 0.255 e. The maximum absolute atomic E-state index is 13.2. The predicted octanol–water partition coefficient (Wildman–Crippen LogP) is 4.56. The van der Waals surface area contributed by atoms with Crippen LogP contribution < -0.4 is 11.1 Å². The minimum atomic E-state index is -0.414. The Hall–Kier alpha value is -2.61. The molecule has 4 N–H and O–H groups in total. The van der Waals surface area contributed by atoms with Crippen molar-refractivity contribution in [3.8, 4) is 0 Å². The van der Waals surface area contributed by atoms with E-state index in [4.69, 9.17) is 28.9 Å². The predicted molar refractivity (Wildman–Crippen MR) is 131 cm³/mol. The second-order valence-electron chi connectivity index (χ2n) is 8.88. The molecule has 7 nitrogen and oxygen atoms in total. The molecule has 1 aliphatic heterocycles. The van der Waals surface area contributed by atoms with Crippen molar-refractivity contribution in [1.82, 2.24) is 20.2 Å². The SMILES string of the molecule is CC1CCN(C(=O)c2ccc(C(=O)N[C@@H](C)c3nc4ccc(Cl)cc4[nH]3)cc2Cl)[C@@]1(C)CN. The van der Waals surface area contributed by atoms with Gasteiger partial charge in [0.15, 0.2) is 0 Å². The van der Waals surface area contributed by atoms with E-state index in [1.807, 2.05) is 19.9 Å². The van der Waals surface area contributed by atoms with Crippen LogP contribution in [-0.2, 0) is 0 Å². The number of nitrogens with zero attached hydrogens (tertiary/aromatic N) is 2. The largest absolute Gasteiger partial charge is 0.342 e. The zero-order chi connectivity index (χ0) is 23.9. The number of fused-ring (bicyclic) bond motifs is 1. The van der Waals surface area contributed by atoms with Gasteiger partial charge < -0.3 is 20.9 Å². The highest BCUT2D eigenvalue weighted by Crippen LogP contribution is 2.36. The number of aromatic nitrogens is 2. The first-order valence-electron chi connectivity index (χ1n) is 10.9. The molecular formula is C24H27Cl2N5O2.